The van der Waals surface area contributed by atoms with Crippen molar-refractivity contribution >= 4 is 5.91 Å². The number of furan rings is 1. The van der Waals surface area contributed by atoms with Gasteiger partial charge in [-0.1, -0.05) is 0 Å². The zero-order chi connectivity index (χ0) is 11.4. The SMILES string of the molecule is O=C(c1ccco1)N1C2CC3CC1CC(C2)N3. The van der Waals surface area contributed by atoms with Gasteiger partial charge in [0.2, 0.25) is 0 Å². The predicted octanol–water partition coefficient (Wildman–Crippen LogP) is 1.39. The Morgan fingerprint density at radius 2 is 1.88 bits per heavy atom. The van der Waals surface area contributed by atoms with E-state index in [2.05, 4.69) is 10.2 Å². The lowest BCUT2D eigenvalue weighted by molar-refractivity contribution is -0.0190. The van der Waals surface area contributed by atoms with Crippen LogP contribution >= 0.6 is 0 Å². The van der Waals surface area contributed by atoms with E-state index >= 15 is 0 Å². The molecule has 0 spiro atoms. The van der Waals surface area contributed by atoms with Crippen molar-refractivity contribution in [2.75, 3.05) is 0 Å². The summed E-state index contributed by atoms with van der Waals surface area (Å²) in [7, 11) is 0. The monoisotopic (exact) mass is 232 g/mol. The second kappa shape index (κ2) is 3.35. The van der Waals surface area contributed by atoms with Gasteiger partial charge in [0.25, 0.3) is 5.91 Å². The maximum atomic E-state index is 12.4. The Labute approximate surface area is 100.0 Å². The minimum absolute atomic E-state index is 0.0869. The van der Waals surface area contributed by atoms with Crippen molar-refractivity contribution in [1.82, 2.24) is 10.2 Å². The summed E-state index contributed by atoms with van der Waals surface area (Å²) >= 11 is 0. The molecule has 0 radical (unpaired) electrons. The number of hydrogen-bond donors (Lipinski definition) is 1. The van der Waals surface area contributed by atoms with Crippen LogP contribution in [0.1, 0.15) is 36.2 Å². The molecule has 1 amide bonds. The van der Waals surface area contributed by atoms with Crippen LogP contribution in [0.15, 0.2) is 22.8 Å². The summed E-state index contributed by atoms with van der Waals surface area (Å²) in [5.74, 6) is 0.578. The van der Waals surface area contributed by atoms with Crippen LogP contribution < -0.4 is 5.32 Å². The molecule has 1 N–H and O–H groups in total. The summed E-state index contributed by atoms with van der Waals surface area (Å²) < 4.78 is 5.24. The Hall–Kier alpha value is -1.29. The summed E-state index contributed by atoms with van der Waals surface area (Å²) in [5, 5.41) is 3.65. The van der Waals surface area contributed by atoms with Gasteiger partial charge in [-0.3, -0.25) is 4.79 Å². The summed E-state index contributed by atoms with van der Waals surface area (Å²) in [6, 6.07) is 5.68. The third-order valence-electron chi connectivity index (χ3n) is 4.45. The Morgan fingerprint density at radius 1 is 1.24 bits per heavy atom. The standard InChI is InChI=1S/C13H16N2O2/c16-13(12-2-1-3-17-12)15-10-4-8-5-11(15)7-9(6-10)14-8/h1-3,8-11,14H,4-7H2. The molecule has 0 atom stereocenters. The molecule has 4 aliphatic heterocycles. The fourth-order valence-corrected chi connectivity index (χ4v) is 3.92. The number of carbonyl (C=O) groups excluding carboxylic acids is 1. The van der Waals surface area contributed by atoms with Crippen LogP contribution in [0.3, 0.4) is 0 Å². The van der Waals surface area contributed by atoms with Gasteiger partial charge in [0, 0.05) is 24.2 Å². The molecule has 1 aromatic heterocycles. The highest BCUT2D eigenvalue weighted by atomic mass is 16.3. The normalized spacial score (nSPS) is 38.7. The molecule has 1 aromatic rings. The van der Waals surface area contributed by atoms with Crippen LogP contribution in [-0.2, 0) is 0 Å². The van der Waals surface area contributed by atoms with E-state index in [1.165, 1.54) is 0 Å². The van der Waals surface area contributed by atoms with Gasteiger partial charge in [0.05, 0.1) is 6.26 Å². The van der Waals surface area contributed by atoms with Crippen molar-refractivity contribution in [1.29, 1.82) is 0 Å². The van der Waals surface area contributed by atoms with Gasteiger partial charge in [-0.25, -0.2) is 0 Å². The third-order valence-corrected chi connectivity index (χ3v) is 4.45. The van der Waals surface area contributed by atoms with Crippen molar-refractivity contribution in [3.8, 4) is 0 Å². The molecule has 0 saturated carbocycles. The van der Waals surface area contributed by atoms with Crippen molar-refractivity contribution in [2.24, 2.45) is 0 Å². The minimum Gasteiger partial charge on any atom is -0.459 e. The van der Waals surface area contributed by atoms with E-state index in [4.69, 9.17) is 4.42 Å². The maximum Gasteiger partial charge on any atom is 0.290 e. The average molecular weight is 232 g/mol. The Bertz CT molecular complexity index is 412. The van der Waals surface area contributed by atoms with Crippen LogP contribution in [0.25, 0.3) is 0 Å². The van der Waals surface area contributed by atoms with Crippen molar-refractivity contribution in [2.45, 2.75) is 49.9 Å². The predicted molar refractivity (Wildman–Crippen MR) is 61.6 cm³/mol. The number of carbonyl (C=O) groups is 1. The van der Waals surface area contributed by atoms with E-state index in [1.54, 1.807) is 18.4 Å². The van der Waals surface area contributed by atoms with Gasteiger partial charge in [-0.05, 0) is 37.8 Å². The summed E-state index contributed by atoms with van der Waals surface area (Å²) in [6.07, 6.45) is 6.02. The highest BCUT2D eigenvalue weighted by Gasteiger charge is 2.48. The first kappa shape index (κ1) is 9.71. The molecule has 4 nitrogen and oxygen atoms in total. The second-order valence-corrected chi connectivity index (χ2v) is 5.50. The van der Waals surface area contributed by atoms with Crippen molar-refractivity contribution in [3.05, 3.63) is 24.2 Å². The molecule has 4 aliphatic rings. The molecule has 5 heterocycles. The van der Waals surface area contributed by atoms with Gasteiger partial charge in [-0.2, -0.15) is 0 Å². The zero-order valence-corrected chi connectivity index (χ0v) is 9.63. The zero-order valence-electron chi connectivity index (χ0n) is 9.63. The topological polar surface area (TPSA) is 45.5 Å². The second-order valence-electron chi connectivity index (χ2n) is 5.50. The van der Waals surface area contributed by atoms with Gasteiger partial charge >= 0.3 is 0 Å². The molecule has 4 fully saturated rings. The molecule has 4 saturated heterocycles. The molecule has 5 rings (SSSR count). The van der Waals surface area contributed by atoms with Crippen LogP contribution in [0, 0.1) is 0 Å². The molecule has 0 aliphatic carbocycles. The lowest BCUT2D eigenvalue weighted by Crippen LogP contribution is -2.68. The van der Waals surface area contributed by atoms with E-state index in [0.29, 0.717) is 29.9 Å². The molecule has 4 bridgehead atoms. The van der Waals surface area contributed by atoms with Crippen LogP contribution in [0.5, 0.6) is 0 Å². The van der Waals surface area contributed by atoms with Crippen LogP contribution in [0.2, 0.25) is 0 Å². The molecular formula is C13H16N2O2. The number of hydrogen-bond acceptors (Lipinski definition) is 3. The summed E-state index contributed by atoms with van der Waals surface area (Å²) in [5.41, 5.74) is 0. The van der Waals surface area contributed by atoms with E-state index in [-0.39, 0.29) is 5.91 Å². The highest BCUT2D eigenvalue weighted by Crippen LogP contribution is 2.39. The van der Waals surface area contributed by atoms with Crippen LogP contribution in [0.4, 0.5) is 0 Å². The lowest BCUT2D eigenvalue weighted by Gasteiger charge is -2.56. The lowest BCUT2D eigenvalue weighted by atomic mass is 9.74. The van der Waals surface area contributed by atoms with Crippen molar-refractivity contribution < 1.29 is 9.21 Å². The van der Waals surface area contributed by atoms with Gasteiger partial charge in [0.15, 0.2) is 5.76 Å². The van der Waals surface area contributed by atoms with Crippen LogP contribution in [-0.4, -0.2) is 35.0 Å². The number of nitrogens with one attached hydrogen (secondary N) is 1. The van der Waals surface area contributed by atoms with E-state index < -0.39 is 0 Å². The Balaban J connectivity index is 1.64. The molecule has 17 heavy (non-hydrogen) atoms. The molecule has 0 unspecified atom stereocenters. The minimum atomic E-state index is 0.0869. The Morgan fingerprint density at radius 3 is 2.41 bits per heavy atom. The average Bonchev–Trinajstić information content (AvgIpc) is 2.80. The summed E-state index contributed by atoms with van der Waals surface area (Å²) in [6.45, 7) is 0. The largest absolute Gasteiger partial charge is 0.459 e. The first-order chi connectivity index (χ1) is 8.31. The summed E-state index contributed by atoms with van der Waals surface area (Å²) in [4.78, 5) is 14.5. The van der Waals surface area contributed by atoms with Crippen molar-refractivity contribution in [3.63, 3.8) is 0 Å². The van der Waals surface area contributed by atoms with E-state index in [0.717, 1.165) is 25.7 Å². The van der Waals surface area contributed by atoms with Gasteiger partial charge < -0.3 is 14.6 Å². The first-order valence-electron chi connectivity index (χ1n) is 6.43. The smallest absolute Gasteiger partial charge is 0.290 e. The number of nitrogens with zero attached hydrogens (tertiary/aromatic N) is 1. The maximum absolute atomic E-state index is 12.4. The molecule has 4 heteroatoms. The van der Waals surface area contributed by atoms with E-state index in [1.807, 2.05) is 0 Å². The fourth-order valence-electron chi connectivity index (χ4n) is 3.92. The third kappa shape index (κ3) is 1.37. The van der Waals surface area contributed by atoms with Gasteiger partial charge in [-0.15, -0.1) is 0 Å². The number of piperidine rings is 4. The molecule has 0 aromatic carbocycles. The number of rotatable bonds is 1. The highest BCUT2D eigenvalue weighted by molar-refractivity contribution is 5.92. The fraction of sp³-hybridized carbons (Fsp3) is 0.615. The van der Waals surface area contributed by atoms with Gasteiger partial charge in [0.1, 0.15) is 0 Å². The number of amides is 1. The molecular weight excluding hydrogens is 216 g/mol. The Kier molecular flexibility index (Phi) is 1.92. The quantitative estimate of drug-likeness (QED) is 0.795. The molecule has 90 valence electrons. The first-order valence-corrected chi connectivity index (χ1v) is 6.43. The van der Waals surface area contributed by atoms with E-state index in [9.17, 15) is 4.79 Å².